The number of hydrogen-bond acceptors (Lipinski definition) is 1. The van der Waals surface area contributed by atoms with Crippen LogP contribution in [0.5, 0.6) is 0 Å². The van der Waals surface area contributed by atoms with E-state index in [-0.39, 0.29) is 5.91 Å². The molecule has 0 spiro atoms. The molecule has 2 nitrogen and oxygen atoms in total. The molecule has 0 N–H and O–H groups in total. The molecule has 2 saturated carbocycles. The van der Waals surface area contributed by atoms with Gasteiger partial charge in [-0.3, -0.25) is 4.79 Å². The third-order valence-corrected chi connectivity index (χ3v) is 5.34. The van der Waals surface area contributed by atoms with Gasteiger partial charge in [-0.1, -0.05) is 31.5 Å². The molecule has 3 rings (SSSR count). The Labute approximate surface area is 128 Å². The van der Waals surface area contributed by atoms with Gasteiger partial charge in [-0.05, 0) is 63.0 Å². The highest BCUT2D eigenvalue weighted by molar-refractivity contribution is 5.96. The molecule has 1 aromatic carbocycles. The van der Waals surface area contributed by atoms with Gasteiger partial charge in [-0.25, -0.2) is 0 Å². The molecule has 21 heavy (non-hydrogen) atoms. The van der Waals surface area contributed by atoms with Crippen molar-refractivity contribution in [3.05, 3.63) is 35.4 Å². The van der Waals surface area contributed by atoms with Crippen molar-refractivity contribution in [1.29, 1.82) is 0 Å². The molecule has 1 aromatic rings. The van der Waals surface area contributed by atoms with Crippen LogP contribution in [-0.2, 0) is 0 Å². The van der Waals surface area contributed by atoms with E-state index in [1.54, 1.807) is 0 Å². The first-order valence-electron chi connectivity index (χ1n) is 8.59. The van der Waals surface area contributed by atoms with E-state index in [1.807, 2.05) is 31.2 Å². The monoisotopic (exact) mass is 285 g/mol. The first-order valence-corrected chi connectivity index (χ1v) is 8.59. The molecule has 0 bridgehead atoms. The van der Waals surface area contributed by atoms with Crippen LogP contribution in [0.2, 0.25) is 0 Å². The van der Waals surface area contributed by atoms with Gasteiger partial charge in [-0.2, -0.15) is 0 Å². The van der Waals surface area contributed by atoms with Gasteiger partial charge in [0.05, 0.1) is 0 Å². The molecule has 0 radical (unpaired) electrons. The molecule has 1 amide bonds. The average Bonchev–Trinajstić information content (AvgIpc) is 3.33. The van der Waals surface area contributed by atoms with E-state index in [2.05, 4.69) is 11.8 Å². The van der Waals surface area contributed by atoms with Crippen LogP contribution in [0.3, 0.4) is 0 Å². The van der Waals surface area contributed by atoms with Crippen LogP contribution in [-0.4, -0.2) is 22.9 Å². The van der Waals surface area contributed by atoms with Crippen LogP contribution in [0, 0.1) is 12.8 Å². The molecule has 2 heteroatoms. The lowest BCUT2D eigenvalue weighted by atomic mass is 9.83. The van der Waals surface area contributed by atoms with Crippen LogP contribution < -0.4 is 0 Å². The highest BCUT2D eigenvalue weighted by Crippen LogP contribution is 2.37. The second-order valence-electron chi connectivity index (χ2n) is 6.84. The van der Waals surface area contributed by atoms with Gasteiger partial charge in [0.2, 0.25) is 0 Å². The minimum absolute atomic E-state index is 0.274. The van der Waals surface area contributed by atoms with Crippen LogP contribution in [0.25, 0.3) is 0 Å². The van der Waals surface area contributed by atoms with Crippen molar-refractivity contribution in [2.45, 2.75) is 70.9 Å². The highest BCUT2D eigenvalue weighted by atomic mass is 16.2. The standard InChI is InChI=1S/C19H27NO/c1-3-15-8-10-16(11-9-15)20(17-12-13-17)19(21)18-7-5-4-6-14(18)2/h4-7,15-17H,3,8-13H2,1-2H3. The minimum Gasteiger partial charge on any atom is -0.333 e. The Balaban J connectivity index is 1.76. The van der Waals surface area contributed by atoms with Crippen LogP contribution >= 0.6 is 0 Å². The second-order valence-corrected chi connectivity index (χ2v) is 6.84. The van der Waals surface area contributed by atoms with E-state index >= 15 is 0 Å². The Morgan fingerprint density at radius 3 is 2.14 bits per heavy atom. The topological polar surface area (TPSA) is 20.3 Å². The number of nitrogens with zero attached hydrogens (tertiary/aromatic N) is 1. The number of rotatable bonds is 4. The number of amides is 1. The third-order valence-electron chi connectivity index (χ3n) is 5.34. The van der Waals surface area contributed by atoms with Crippen molar-refractivity contribution in [1.82, 2.24) is 4.90 Å². The van der Waals surface area contributed by atoms with Crippen LogP contribution in [0.15, 0.2) is 24.3 Å². The van der Waals surface area contributed by atoms with Crippen molar-refractivity contribution < 1.29 is 4.79 Å². The lowest BCUT2D eigenvalue weighted by Gasteiger charge is -2.37. The fourth-order valence-electron chi connectivity index (χ4n) is 3.77. The SMILES string of the molecule is CCC1CCC(N(C(=O)c2ccccc2C)C2CC2)CC1. The number of aryl methyl sites for hydroxylation is 1. The fraction of sp³-hybridized carbons (Fsp3) is 0.632. The molecule has 2 aliphatic rings. The van der Waals surface area contributed by atoms with Gasteiger partial charge < -0.3 is 4.90 Å². The van der Waals surface area contributed by atoms with Crippen LogP contribution in [0.4, 0.5) is 0 Å². The first-order chi connectivity index (χ1) is 10.2. The summed E-state index contributed by atoms with van der Waals surface area (Å²) in [5.41, 5.74) is 2.01. The van der Waals surface area contributed by atoms with Gasteiger partial charge in [0, 0.05) is 17.6 Å². The summed E-state index contributed by atoms with van der Waals surface area (Å²) in [6.07, 6.45) is 8.69. The Bertz CT molecular complexity index is 498. The Morgan fingerprint density at radius 1 is 1.05 bits per heavy atom. The van der Waals surface area contributed by atoms with Crippen molar-refractivity contribution >= 4 is 5.91 Å². The normalized spacial score (nSPS) is 25.6. The van der Waals surface area contributed by atoms with Gasteiger partial charge in [0.25, 0.3) is 5.91 Å². The first kappa shape index (κ1) is 14.6. The summed E-state index contributed by atoms with van der Waals surface area (Å²) in [6, 6.07) is 9.03. The van der Waals surface area contributed by atoms with Gasteiger partial charge in [-0.15, -0.1) is 0 Å². The molecular weight excluding hydrogens is 258 g/mol. The molecule has 0 aromatic heterocycles. The summed E-state index contributed by atoms with van der Waals surface area (Å²) in [6.45, 7) is 4.34. The number of benzene rings is 1. The van der Waals surface area contributed by atoms with Crippen LogP contribution in [0.1, 0.15) is 67.8 Å². The number of carbonyl (C=O) groups is 1. The van der Waals surface area contributed by atoms with Gasteiger partial charge in [0.1, 0.15) is 0 Å². The van der Waals surface area contributed by atoms with E-state index in [9.17, 15) is 4.79 Å². The smallest absolute Gasteiger partial charge is 0.254 e. The third kappa shape index (κ3) is 3.14. The maximum Gasteiger partial charge on any atom is 0.254 e. The van der Waals surface area contributed by atoms with Gasteiger partial charge in [0.15, 0.2) is 0 Å². The predicted octanol–water partition coefficient (Wildman–Crippen LogP) is 4.57. The van der Waals surface area contributed by atoms with E-state index < -0.39 is 0 Å². The lowest BCUT2D eigenvalue weighted by Crippen LogP contribution is -2.44. The summed E-state index contributed by atoms with van der Waals surface area (Å²) >= 11 is 0. The zero-order valence-electron chi connectivity index (χ0n) is 13.3. The molecule has 0 atom stereocenters. The minimum atomic E-state index is 0.274. The molecule has 0 unspecified atom stereocenters. The highest BCUT2D eigenvalue weighted by Gasteiger charge is 2.39. The quantitative estimate of drug-likeness (QED) is 0.793. The number of hydrogen-bond donors (Lipinski definition) is 0. The summed E-state index contributed by atoms with van der Waals surface area (Å²) in [5.74, 6) is 1.16. The van der Waals surface area contributed by atoms with Gasteiger partial charge >= 0.3 is 0 Å². The maximum atomic E-state index is 13.0. The largest absolute Gasteiger partial charge is 0.333 e. The molecule has 114 valence electrons. The summed E-state index contributed by atoms with van der Waals surface area (Å²) < 4.78 is 0. The average molecular weight is 285 g/mol. The second kappa shape index (κ2) is 6.21. The Hall–Kier alpha value is -1.31. The molecular formula is C19H27NO. The van der Waals surface area contributed by atoms with E-state index in [1.165, 1.54) is 44.9 Å². The van der Waals surface area contributed by atoms with Crippen molar-refractivity contribution in [2.24, 2.45) is 5.92 Å². The Morgan fingerprint density at radius 2 is 1.62 bits per heavy atom. The summed E-state index contributed by atoms with van der Waals surface area (Å²) in [5, 5.41) is 0. The summed E-state index contributed by atoms with van der Waals surface area (Å²) in [4.78, 5) is 15.3. The predicted molar refractivity (Wildman–Crippen MR) is 86.4 cm³/mol. The van der Waals surface area contributed by atoms with Crippen molar-refractivity contribution in [3.63, 3.8) is 0 Å². The molecule has 0 heterocycles. The Kier molecular flexibility index (Phi) is 4.32. The zero-order chi connectivity index (χ0) is 14.8. The van der Waals surface area contributed by atoms with E-state index in [0.717, 1.165) is 17.0 Å². The van der Waals surface area contributed by atoms with E-state index in [0.29, 0.717) is 12.1 Å². The fourth-order valence-corrected chi connectivity index (χ4v) is 3.77. The molecule has 0 aliphatic heterocycles. The van der Waals surface area contributed by atoms with E-state index in [4.69, 9.17) is 0 Å². The molecule has 2 fully saturated rings. The van der Waals surface area contributed by atoms with Crippen molar-refractivity contribution in [3.8, 4) is 0 Å². The molecule has 2 aliphatic carbocycles. The lowest BCUT2D eigenvalue weighted by molar-refractivity contribution is 0.0586. The van der Waals surface area contributed by atoms with Crippen molar-refractivity contribution in [2.75, 3.05) is 0 Å². The summed E-state index contributed by atoms with van der Waals surface area (Å²) in [7, 11) is 0. The number of carbonyl (C=O) groups excluding carboxylic acids is 1. The zero-order valence-corrected chi connectivity index (χ0v) is 13.3. The maximum absolute atomic E-state index is 13.0. The molecule has 0 saturated heterocycles.